The van der Waals surface area contributed by atoms with E-state index in [9.17, 15) is 9.59 Å². The van der Waals surface area contributed by atoms with Crippen LogP contribution in [0.2, 0.25) is 0 Å². The van der Waals surface area contributed by atoms with Crippen LogP contribution in [0.1, 0.15) is 60.8 Å². The average Bonchev–Trinajstić information content (AvgIpc) is 3.39. The Hall–Kier alpha value is -3.20. The average molecular weight is 560 g/mol. The molecule has 2 aliphatic rings. The highest BCUT2D eigenvalue weighted by molar-refractivity contribution is 5.99. The molecule has 4 atom stereocenters. The molecule has 41 heavy (non-hydrogen) atoms. The maximum absolute atomic E-state index is 13.8. The predicted molar refractivity (Wildman–Crippen MR) is 163 cm³/mol. The van der Waals surface area contributed by atoms with E-state index in [1.807, 2.05) is 31.2 Å². The Morgan fingerprint density at radius 3 is 2.51 bits per heavy atom. The second-order valence-electron chi connectivity index (χ2n) is 12.1. The lowest BCUT2D eigenvalue weighted by molar-refractivity contribution is -0.135. The van der Waals surface area contributed by atoms with Crippen LogP contribution in [-0.2, 0) is 9.53 Å². The summed E-state index contributed by atoms with van der Waals surface area (Å²) in [6, 6.07) is 15.2. The second kappa shape index (κ2) is 12.3. The number of hydrogen-bond donors (Lipinski definition) is 2. The molecular weight excluding hydrogens is 514 g/mol. The summed E-state index contributed by atoms with van der Waals surface area (Å²) in [7, 11) is 5.93. The Morgan fingerprint density at radius 2 is 1.88 bits per heavy atom. The molecule has 2 N–H and O–H groups in total. The van der Waals surface area contributed by atoms with Gasteiger partial charge in [-0.1, -0.05) is 37.3 Å². The van der Waals surface area contributed by atoms with Gasteiger partial charge in [-0.15, -0.1) is 0 Å². The van der Waals surface area contributed by atoms with Crippen LogP contribution in [0, 0.1) is 18.8 Å². The molecule has 0 spiro atoms. The van der Waals surface area contributed by atoms with Gasteiger partial charge in [0, 0.05) is 61.8 Å². The van der Waals surface area contributed by atoms with Crippen molar-refractivity contribution in [3.8, 4) is 11.1 Å². The fraction of sp³-hybridized carbons (Fsp3) is 0.515. The maximum atomic E-state index is 13.8. The van der Waals surface area contributed by atoms with E-state index in [4.69, 9.17) is 4.74 Å². The number of benzene rings is 1. The van der Waals surface area contributed by atoms with Gasteiger partial charge in [-0.05, 0) is 76.4 Å². The van der Waals surface area contributed by atoms with E-state index < -0.39 is 0 Å². The molecule has 5 rings (SSSR count). The van der Waals surface area contributed by atoms with Crippen molar-refractivity contribution in [1.29, 1.82) is 0 Å². The van der Waals surface area contributed by atoms with Gasteiger partial charge in [0.25, 0.3) is 5.91 Å². The first-order valence-electron chi connectivity index (χ1n) is 14.9. The molecule has 4 unspecified atom stereocenters. The van der Waals surface area contributed by atoms with E-state index in [0.717, 1.165) is 60.3 Å². The minimum absolute atomic E-state index is 0.0727. The van der Waals surface area contributed by atoms with Crippen molar-refractivity contribution in [3.63, 3.8) is 0 Å². The number of carbonyl (C=O) groups excluding carboxylic acids is 2. The molecule has 8 nitrogen and oxygen atoms in total. The molecule has 1 aromatic carbocycles. The third-order valence-electron chi connectivity index (χ3n) is 9.44. The standard InChI is InChI=1S/C33H45N5O3/c1-21-18-30(41-6)35-33(40)28(21)20-34-32(39)27-19-29-26(24-10-8-7-9-11-24)14-17-38(29)31(22(27)2)23(3)37-15-12-25(13-16-37)36(4)5/h7-11,14,17,19,21,23,25,28,30H,12-13,15-16,18,20H2,1-6H3,(H,34,39)(H,35,40). The first-order valence-corrected chi connectivity index (χ1v) is 14.9. The van der Waals surface area contributed by atoms with Crippen molar-refractivity contribution in [2.45, 2.75) is 58.3 Å². The van der Waals surface area contributed by atoms with Crippen molar-refractivity contribution < 1.29 is 14.3 Å². The largest absolute Gasteiger partial charge is 0.362 e. The Labute approximate surface area is 244 Å². The first kappa shape index (κ1) is 29.3. The number of pyridine rings is 1. The number of fused-ring (bicyclic) bond motifs is 1. The SMILES string of the molecule is COC1CC(C)C(CNC(=O)c2cc3c(-c4ccccc4)ccn3c(C(C)N3CCC(N(C)C)CC3)c2C)C(=O)N1. The number of ether oxygens (including phenoxy) is 1. The molecule has 0 radical (unpaired) electrons. The molecule has 2 amide bonds. The van der Waals surface area contributed by atoms with E-state index in [1.54, 1.807) is 7.11 Å². The highest BCUT2D eigenvalue weighted by atomic mass is 16.5. The van der Waals surface area contributed by atoms with Crippen molar-refractivity contribution in [1.82, 2.24) is 24.8 Å². The smallest absolute Gasteiger partial charge is 0.251 e. The van der Waals surface area contributed by atoms with Gasteiger partial charge in [0.05, 0.1) is 11.4 Å². The molecule has 3 aromatic rings. The van der Waals surface area contributed by atoms with Crippen LogP contribution in [0.3, 0.4) is 0 Å². The van der Waals surface area contributed by atoms with Crippen LogP contribution >= 0.6 is 0 Å². The summed E-state index contributed by atoms with van der Waals surface area (Å²) in [5.41, 5.74) is 6.03. The van der Waals surface area contributed by atoms with E-state index >= 15 is 0 Å². The minimum Gasteiger partial charge on any atom is -0.362 e. The van der Waals surface area contributed by atoms with Gasteiger partial charge >= 0.3 is 0 Å². The van der Waals surface area contributed by atoms with Gasteiger partial charge in [0.2, 0.25) is 5.91 Å². The highest BCUT2D eigenvalue weighted by Gasteiger charge is 2.34. The van der Waals surface area contributed by atoms with E-state index in [-0.39, 0.29) is 35.9 Å². The van der Waals surface area contributed by atoms with Gasteiger partial charge in [0.1, 0.15) is 6.23 Å². The number of piperidine rings is 2. The lowest BCUT2D eigenvalue weighted by atomic mass is 9.86. The third kappa shape index (κ3) is 5.92. The number of nitrogens with zero attached hydrogens (tertiary/aromatic N) is 3. The van der Waals surface area contributed by atoms with Gasteiger partial charge in [-0.2, -0.15) is 0 Å². The first-order chi connectivity index (χ1) is 19.7. The topological polar surface area (TPSA) is 78.3 Å². The molecule has 0 bridgehead atoms. The Morgan fingerprint density at radius 1 is 1.17 bits per heavy atom. The van der Waals surface area contributed by atoms with Crippen LogP contribution < -0.4 is 10.6 Å². The molecular formula is C33H45N5O3. The number of likely N-dealkylation sites (tertiary alicyclic amines) is 1. The van der Waals surface area contributed by atoms with E-state index in [2.05, 4.69) is 77.2 Å². The highest BCUT2D eigenvalue weighted by Crippen LogP contribution is 2.35. The normalized spacial score (nSPS) is 23.1. The lowest BCUT2D eigenvalue weighted by Gasteiger charge is -2.39. The zero-order chi connectivity index (χ0) is 29.3. The summed E-state index contributed by atoms with van der Waals surface area (Å²) in [5, 5.41) is 6.03. The summed E-state index contributed by atoms with van der Waals surface area (Å²) in [4.78, 5) is 31.5. The quantitative estimate of drug-likeness (QED) is 0.426. The third-order valence-corrected chi connectivity index (χ3v) is 9.44. The molecule has 8 heteroatoms. The number of carbonyl (C=O) groups is 2. The van der Waals surface area contributed by atoms with Crippen LogP contribution in [0.15, 0.2) is 48.7 Å². The number of methoxy groups -OCH3 is 1. The number of amides is 2. The van der Waals surface area contributed by atoms with Crippen molar-refractivity contribution in [2.75, 3.05) is 40.8 Å². The number of hydrogen-bond acceptors (Lipinski definition) is 5. The Balaban J connectivity index is 1.48. The number of rotatable bonds is 8. The van der Waals surface area contributed by atoms with Crippen LogP contribution in [-0.4, -0.2) is 79.1 Å². The Bertz CT molecular complexity index is 1380. The van der Waals surface area contributed by atoms with E-state index in [1.165, 1.54) is 0 Å². The monoisotopic (exact) mass is 559 g/mol. The fourth-order valence-corrected chi connectivity index (χ4v) is 6.77. The van der Waals surface area contributed by atoms with Crippen LogP contribution in [0.4, 0.5) is 0 Å². The zero-order valence-corrected chi connectivity index (χ0v) is 25.3. The number of nitrogens with one attached hydrogen (secondary N) is 2. The Kier molecular flexibility index (Phi) is 8.82. The van der Waals surface area contributed by atoms with Crippen molar-refractivity contribution in [3.05, 3.63) is 65.5 Å². The second-order valence-corrected chi connectivity index (χ2v) is 12.1. The van der Waals surface area contributed by atoms with Crippen LogP contribution in [0.5, 0.6) is 0 Å². The summed E-state index contributed by atoms with van der Waals surface area (Å²) < 4.78 is 7.62. The van der Waals surface area contributed by atoms with E-state index in [0.29, 0.717) is 18.2 Å². The molecule has 0 saturated carbocycles. The number of aromatic nitrogens is 1. The maximum Gasteiger partial charge on any atom is 0.251 e. The molecule has 2 fully saturated rings. The van der Waals surface area contributed by atoms with Gasteiger partial charge in [-0.3, -0.25) is 14.5 Å². The van der Waals surface area contributed by atoms with Gasteiger partial charge < -0.3 is 24.7 Å². The van der Waals surface area contributed by atoms with Gasteiger partial charge in [-0.25, -0.2) is 0 Å². The van der Waals surface area contributed by atoms with Crippen LogP contribution in [0.25, 0.3) is 16.6 Å². The molecule has 2 saturated heterocycles. The summed E-state index contributed by atoms with van der Waals surface area (Å²) in [5.74, 6) is -0.400. The van der Waals surface area contributed by atoms with Gasteiger partial charge in [0.15, 0.2) is 0 Å². The zero-order valence-electron chi connectivity index (χ0n) is 25.3. The predicted octanol–water partition coefficient (Wildman–Crippen LogP) is 4.48. The summed E-state index contributed by atoms with van der Waals surface area (Å²) in [6.45, 7) is 8.71. The minimum atomic E-state index is -0.293. The molecule has 2 aliphatic heterocycles. The summed E-state index contributed by atoms with van der Waals surface area (Å²) >= 11 is 0. The molecule has 220 valence electrons. The van der Waals surface area contributed by atoms with Crippen molar-refractivity contribution in [2.24, 2.45) is 11.8 Å². The lowest BCUT2D eigenvalue weighted by Crippen LogP contribution is -2.51. The fourth-order valence-electron chi connectivity index (χ4n) is 6.77. The molecule has 2 aromatic heterocycles. The summed E-state index contributed by atoms with van der Waals surface area (Å²) in [6.07, 6.45) is 4.86. The molecule has 4 heterocycles. The molecule has 0 aliphatic carbocycles. The van der Waals surface area contributed by atoms with Crippen molar-refractivity contribution >= 4 is 17.3 Å².